The maximum Gasteiger partial charge on any atom is 0.345 e. The number of hydrogen-bond donors (Lipinski definition) is 2. The van der Waals surface area contributed by atoms with E-state index in [0.717, 1.165) is 21.7 Å². The summed E-state index contributed by atoms with van der Waals surface area (Å²) in [6, 6.07) is 16.2. The average molecular weight is 364 g/mol. The highest BCUT2D eigenvalue weighted by Gasteiger charge is 2.27. The summed E-state index contributed by atoms with van der Waals surface area (Å²) in [7, 11) is 0. The number of carbonyl (C=O) groups is 2. The number of amides is 1. The van der Waals surface area contributed by atoms with Gasteiger partial charge in [-0.3, -0.25) is 4.79 Å². The lowest BCUT2D eigenvalue weighted by atomic mass is 10.1. The normalized spacial score (nSPS) is 12.8. The van der Waals surface area contributed by atoms with Gasteiger partial charge in [0.15, 0.2) is 0 Å². The van der Waals surface area contributed by atoms with Crippen LogP contribution in [0.15, 0.2) is 54.6 Å². The highest BCUT2D eigenvalue weighted by atomic mass is 32.1. The van der Waals surface area contributed by atoms with E-state index < -0.39 is 5.97 Å². The molecule has 5 nitrogen and oxygen atoms in total. The fourth-order valence-corrected chi connectivity index (χ4v) is 4.28. The molecule has 130 valence electrons. The zero-order chi connectivity index (χ0) is 18.3. The SMILES string of the molecule is Nc1ccc(C(=O)N2CCc3cc(C(=O)O)sc3-c3ccccc32)cc1. The van der Waals surface area contributed by atoms with Gasteiger partial charge in [0.2, 0.25) is 0 Å². The molecule has 0 radical (unpaired) electrons. The van der Waals surface area contributed by atoms with E-state index in [-0.39, 0.29) is 5.91 Å². The van der Waals surface area contributed by atoms with Gasteiger partial charge in [0, 0.05) is 28.2 Å². The van der Waals surface area contributed by atoms with E-state index in [1.807, 2.05) is 24.3 Å². The van der Waals surface area contributed by atoms with Crippen LogP contribution >= 0.6 is 11.3 Å². The summed E-state index contributed by atoms with van der Waals surface area (Å²) in [5.41, 5.74) is 9.56. The van der Waals surface area contributed by atoms with E-state index in [0.29, 0.717) is 29.1 Å². The largest absolute Gasteiger partial charge is 0.477 e. The molecule has 6 heteroatoms. The Morgan fingerprint density at radius 1 is 1.08 bits per heavy atom. The number of benzene rings is 2. The van der Waals surface area contributed by atoms with Crippen LogP contribution in [0.25, 0.3) is 10.4 Å². The Bertz CT molecular complexity index is 1010. The number of aromatic carboxylic acids is 1. The van der Waals surface area contributed by atoms with Crippen molar-refractivity contribution in [3.8, 4) is 10.4 Å². The molecule has 1 aromatic heterocycles. The fourth-order valence-electron chi connectivity index (χ4n) is 3.19. The van der Waals surface area contributed by atoms with Gasteiger partial charge < -0.3 is 15.7 Å². The van der Waals surface area contributed by atoms with E-state index in [1.165, 1.54) is 11.3 Å². The number of rotatable bonds is 2. The topological polar surface area (TPSA) is 83.6 Å². The molecule has 2 aromatic carbocycles. The molecule has 0 fully saturated rings. The van der Waals surface area contributed by atoms with Gasteiger partial charge in [0.25, 0.3) is 5.91 Å². The van der Waals surface area contributed by atoms with Crippen molar-refractivity contribution < 1.29 is 14.7 Å². The maximum atomic E-state index is 13.1. The first-order valence-electron chi connectivity index (χ1n) is 8.17. The Morgan fingerprint density at radius 2 is 1.81 bits per heavy atom. The number of nitrogen functional groups attached to an aromatic ring is 1. The monoisotopic (exact) mass is 364 g/mol. The van der Waals surface area contributed by atoms with Gasteiger partial charge in [0.1, 0.15) is 4.88 Å². The van der Waals surface area contributed by atoms with Crippen molar-refractivity contribution in [1.82, 2.24) is 0 Å². The lowest BCUT2D eigenvalue weighted by molar-refractivity contribution is 0.0701. The zero-order valence-electron chi connectivity index (χ0n) is 13.8. The maximum absolute atomic E-state index is 13.1. The molecule has 0 saturated carbocycles. The first kappa shape index (κ1) is 16.4. The van der Waals surface area contributed by atoms with Crippen molar-refractivity contribution in [1.29, 1.82) is 0 Å². The zero-order valence-corrected chi connectivity index (χ0v) is 14.6. The lowest BCUT2D eigenvalue weighted by Gasteiger charge is -2.23. The van der Waals surface area contributed by atoms with Crippen LogP contribution in [-0.4, -0.2) is 23.5 Å². The van der Waals surface area contributed by atoms with E-state index in [1.54, 1.807) is 35.2 Å². The van der Waals surface area contributed by atoms with Crippen LogP contribution in [-0.2, 0) is 6.42 Å². The number of carbonyl (C=O) groups excluding carboxylic acids is 1. The second-order valence-electron chi connectivity index (χ2n) is 6.12. The summed E-state index contributed by atoms with van der Waals surface area (Å²) in [4.78, 5) is 27.4. The van der Waals surface area contributed by atoms with Crippen LogP contribution in [0.2, 0.25) is 0 Å². The molecule has 3 aromatic rings. The number of hydrogen-bond acceptors (Lipinski definition) is 4. The lowest BCUT2D eigenvalue weighted by Crippen LogP contribution is -2.32. The van der Waals surface area contributed by atoms with Gasteiger partial charge in [-0.05, 0) is 48.4 Å². The van der Waals surface area contributed by atoms with Crippen molar-refractivity contribution in [2.24, 2.45) is 0 Å². The van der Waals surface area contributed by atoms with Gasteiger partial charge in [-0.1, -0.05) is 18.2 Å². The van der Waals surface area contributed by atoms with Gasteiger partial charge in [-0.2, -0.15) is 0 Å². The molecule has 4 rings (SSSR count). The summed E-state index contributed by atoms with van der Waals surface area (Å²) in [6.07, 6.45) is 0.606. The second kappa shape index (κ2) is 6.31. The summed E-state index contributed by atoms with van der Waals surface area (Å²) >= 11 is 1.26. The third-order valence-electron chi connectivity index (χ3n) is 4.47. The Morgan fingerprint density at radius 3 is 2.54 bits per heavy atom. The molecular formula is C20H16N2O3S. The number of carboxylic acid groups (broad SMARTS) is 1. The number of para-hydroxylation sites is 1. The Balaban J connectivity index is 1.80. The minimum Gasteiger partial charge on any atom is -0.477 e. The van der Waals surface area contributed by atoms with Gasteiger partial charge in [0.05, 0.1) is 5.69 Å². The number of fused-ring (bicyclic) bond motifs is 3. The molecule has 0 aliphatic carbocycles. The highest BCUT2D eigenvalue weighted by Crippen LogP contribution is 2.41. The molecule has 0 atom stereocenters. The van der Waals surface area contributed by atoms with Crippen LogP contribution in [0.1, 0.15) is 25.6 Å². The summed E-state index contributed by atoms with van der Waals surface area (Å²) < 4.78 is 0. The number of thiophene rings is 1. The number of anilines is 2. The molecule has 3 N–H and O–H groups in total. The smallest absolute Gasteiger partial charge is 0.345 e. The first-order chi connectivity index (χ1) is 12.5. The number of nitrogens with two attached hydrogens (primary N) is 1. The van der Waals surface area contributed by atoms with Crippen LogP contribution in [0.3, 0.4) is 0 Å². The standard InChI is InChI=1S/C20H16N2O3S/c21-14-7-5-12(6-8-14)19(23)22-10-9-13-11-17(20(24)25)26-18(13)15-3-1-2-4-16(15)22/h1-8,11H,9-10,21H2,(H,24,25). The molecule has 1 aliphatic heterocycles. The molecule has 0 bridgehead atoms. The molecular weight excluding hydrogens is 348 g/mol. The van der Waals surface area contributed by atoms with Gasteiger partial charge >= 0.3 is 5.97 Å². The predicted molar refractivity (Wildman–Crippen MR) is 103 cm³/mol. The minimum atomic E-state index is -0.921. The average Bonchev–Trinajstić information content (AvgIpc) is 3.01. The van der Waals surface area contributed by atoms with Crippen LogP contribution < -0.4 is 10.6 Å². The summed E-state index contributed by atoms with van der Waals surface area (Å²) in [6.45, 7) is 0.489. The second-order valence-corrected chi connectivity index (χ2v) is 7.17. The predicted octanol–water partition coefficient (Wildman–Crippen LogP) is 3.90. The quantitative estimate of drug-likeness (QED) is 0.676. The Kier molecular flexibility index (Phi) is 3.97. The van der Waals surface area contributed by atoms with Crippen LogP contribution in [0, 0.1) is 0 Å². The first-order valence-corrected chi connectivity index (χ1v) is 8.99. The molecule has 0 spiro atoms. The van der Waals surface area contributed by atoms with Crippen LogP contribution in [0.5, 0.6) is 0 Å². The van der Waals surface area contributed by atoms with Gasteiger partial charge in [-0.25, -0.2) is 4.79 Å². The fraction of sp³-hybridized carbons (Fsp3) is 0.100. The molecule has 0 saturated heterocycles. The van der Waals surface area contributed by atoms with Gasteiger partial charge in [-0.15, -0.1) is 11.3 Å². The molecule has 1 aliphatic rings. The molecule has 2 heterocycles. The third kappa shape index (κ3) is 2.74. The van der Waals surface area contributed by atoms with Crippen molar-refractivity contribution >= 4 is 34.6 Å². The molecule has 26 heavy (non-hydrogen) atoms. The number of carboxylic acids is 1. The van der Waals surface area contributed by atoms with Crippen molar-refractivity contribution in [2.45, 2.75) is 6.42 Å². The number of nitrogens with zero attached hydrogens (tertiary/aromatic N) is 1. The van der Waals surface area contributed by atoms with E-state index in [4.69, 9.17) is 5.73 Å². The van der Waals surface area contributed by atoms with E-state index >= 15 is 0 Å². The Labute approximate surface area is 154 Å². The van der Waals surface area contributed by atoms with Crippen molar-refractivity contribution in [2.75, 3.05) is 17.2 Å². The molecule has 1 amide bonds. The molecule has 0 unspecified atom stereocenters. The van der Waals surface area contributed by atoms with E-state index in [2.05, 4.69) is 0 Å². The van der Waals surface area contributed by atoms with E-state index in [9.17, 15) is 14.7 Å². The summed E-state index contributed by atoms with van der Waals surface area (Å²) in [5, 5.41) is 9.30. The minimum absolute atomic E-state index is 0.0916. The highest BCUT2D eigenvalue weighted by molar-refractivity contribution is 7.17. The van der Waals surface area contributed by atoms with Crippen molar-refractivity contribution in [3.63, 3.8) is 0 Å². The van der Waals surface area contributed by atoms with Crippen LogP contribution in [0.4, 0.5) is 11.4 Å². The third-order valence-corrected chi connectivity index (χ3v) is 5.67. The Hall–Kier alpha value is -3.12. The summed E-state index contributed by atoms with van der Waals surface area (Å²) in [5.74, 6) is -1.01. The van der Waals surface area contributed by atoms with Crippen molar-refractivity contribution in [3.05, 3.63) is 70.6 Å².